The molecule has 0 aliphatic carbocycles. The van der Waals surface area contributed by atoms with Gasteiger partial charge in [-0.3, -0.25) is 19.1 Å². The van der Waals surface area contributed by atoms with Crippen LogP contribution in [-0.4, -0.2) is 22.0 Å². The summed E-state index contributed by atoms with van der Waals surface area (Å²) in [6.07, 6.45) is 5.34. The van der Waals surface area contributed by atoms with Crippen molar-refractivity contribution in [2.45, 2.75) is 39.7 Å². The second-order valence-electron chi connectivity index (χ2n) is 5.96. The van der Waals surface area contributed by atoms with Gasteiger partial charge in [0.05, 0.1) is 3.79 Å². The first kappa shape index (κ1) is 21.2. The van der Waals surface area contributed by atoms with E-state index < -0.39 is 11.2 Å². The Kier molecular flexibility index (Phi) is 7.61. The smallest absolute Gasteiger partial charge is 0.330 e. The number of thiophene rings is 1. The number of H-pyrrole nitrogens is 1. The maximum atomic E-state index is 12.8. The number of aromatic amines is 1. The van der Waals surface area contributed by atoms with E-state index in [4.69, 9.17) is 5.73 Å². The summed E-state index contributed by atoms with van der Waals surface area (Å²) < 4.78 is 2.26. The van der Waals surface area contributed by atoms with Crippen LogP contribution >= 0.6 is 27.3 Å². The molecule has 0 bridgehead atoms. The van der Waals surface area contributed by atoms with Crippen LogP contribution in [0, 0.1) is 0 Å². The minimum absolute atomic E-state index is 0.0160. The third-order valence-corrected chi connectivity index (χ3v) is 5.51. The maximum absolute atomic E-state index is 12.8. The number of anilines is 2. The number of halogens is 1. The van der Waals surface area contributed by atoms with Gasteiger partial charge in [0, 0.05) is 24.0 Å². The standard InChI is InChI=1S/C18H23BrN4O3S/c1-3-5-11-22(14(24)9-7-12-6-8-13(19)27-12)15-16(20)23(10-4-2)18(26)21-17(15)25/h6-9H,3-5,10-11,20H2,1-2H3,(H,21,25,26)/b9-7+. The maximum Gasteiger partial charge on any atom is 0.330 e. The number of carbonyl (C=O) groups is 1. The van der Waals surface area contributed by atoms with Crippen LogP contribution in [0.2, 0.25) is 0 Å². The number of nitrogen functional groups attached to an aromatic ring is 1. The molecule has 9 heteroatoms. The molecule has 2 rings (SSSR count). The van der Waals surface area contributed by atoms with Crippen LogP contribution in [0.3, 0.4) is 0 Å². The van der Waals surface area contributed by atoms with E-state index in [0.717, 1.165) is 15.1 Å². The van der Waals surface area contributed by atoms with Crippen molar-refractivity contribution >= 4 is 50.8 Å². The quantitative estimate of drug-likeness (QED) is 0.597. The molecule has 0 fully saturated rings. The molecule has 3 N–H and O–H groups in total. The number of nitrogens with two attached hydrogens (primary N) is 1. The Morgan fingerprint density at radius 3 is 2.67 bits per heavy atom. The molecule has 0 aliphatic rings. The van der Waals surface area contributed by atoms with Gasteiger partial charge in [-0.05, 0) is 47.0 Å². The summed E-state index contributed by atoms with van der Waals surface area (Å²) in [5, 5.41) is 0. The average Bonchev–Trinajstić information content (AvgIpc) is 3.04. The van der Waals surface area contributed by atoms with Crippen molar-refractivity contribution in [3.8, 4) is 0 Å². The van der Waals surface area contributed by atoms with Gasteiger partial charge in [0.2, 0.25) is 0 Å². The first-order chi connectivity index (χ1) is 12.9. The number of carbonyl (C=O) groups excluding carboxylic acids is 1. The van der Waals surface area contributed by atoms with Crippen LogP contribution in [0.5, 0.6) is 0 Å². The molecule has 0 aromatic carbocycles. The number of aromatic nitrogens is 2. The highest BCUT2D eigenvalue weighted by Crippen LogP contribution is 2.23. The van der Waals surface area contributed by atoms with Gasteiger partial charge >= 0.3 is 5.69 Å². The number of hydrogen-bond donors (Lipinski definition) is 2. The Hall–Kier alpha value is -2.13. The largest absolute Gasteiger partial charge is 0.383 e. The zero-order chi connectivity index (χ0) is 20.0. The highest BCUT2D eigenvalue weighted by molar-refractivity contribution is 9.11. The lowest BCUT2D eigenvalue weighted by molar-refractivity contribution is -0.114. The highest BCUT2D eigenvalue weighted by atomic mass is 79.9. The molecular weight excluding hydrogens is 432 g/mol. The van der Waals surface area contributed by atoms with Gasteiger partial charge in [0.15, 0.2) is 5.69 Å². The molecule has 0 saturated heterocycles. The molecule has 0 radical (unpaired) electrons. The minimum atomic E-state index is -0.651. The van der Waals surface area contributed by atoms with Gasteiger partial charge in [0.25, 0.3) is 11.5 Å². The van der Waals surface area contributed by atoms with E-state index in [0.29, 0.717) is 25.9 Å². The Labute approximate surface area is 169 Å². The molecule has 7 nitrogen and oxygen atoms in total. The highest BCUT2D eigenvalue weighted by Gasteiger charge is 2.22. The van der Waals surface area contributed by atoms with Gasteiger partial charge in [-0.1, -0.05) is 20.3 Å². The van der Waals surface area contributed by atoms with E-state index in [1.165, 1.54) is 26.9 Å². The zero-order valence-electron chi connectivity index (χ0n) is 15.3. The normalized spacial score (nSPS) is 11.2. The molecule has 0 atom stereocenters. The molecule has 146 valence electrons. The average molecular weight is 455 g/mol. The summed E-state index contributed by atoms with van der Waals surface area (Å²) in [6, 6.07) is 3.78. The molecule has 2 aromatic heterocycles. The second-order valence-corrected chi connectivity index (χ2v) is 8.46. The van der Waals surface area contributed by atoms with Gasteiger partial charge in [0.1, 0.15) is 5.82 Å². The third kappa shape index (κ3) is 5.20. The predicted octanol–water partition coefficient (Wildman–Crippen LogP) is 3.20. The molecule has 0 saturated carbocycles. The van der Waals surface area contributed by atoms with Crippen molar-refractivity contribution in [1.82, 2.24) is 9.55 Å². The number of nitrogens with one attached hydrogen (secondary N) is 1. The molecule has 0 spiro atoms. The summed E-state index contributed by atoms with van der Waals surface area (Å²) in [7, 11) is 0. The second kappa shape index (κ2) is 9.70. The van der Waals surface area contributed by atoms with Crippen LogP contribution in [0.25, 0.3) is 6.08 Å². The van der Waals surface area contributed by atoms with Crippen molar-refractivity contribution < 1.29 is 4.79 Å². The number of nitrogens with zero attached hydrogens (tertiary/aromatic N) is 2. The van der Waals surface area contributed by atoms with Gasteiger partial charge in [-0.2, -0.15) is 0 Å². The number of amides is 1. The van der Waals surface area contributed by atoms with Gasteiger partial charge in [-0.25, -0.2) is 4.79 Å². The minimum Gasteiger partial charge on any atom is -0.383 e. The lowest BCUT2D eigenvalue weighted by atomic mass is 10.2. The van der Waals surface area contributed by atoms with E-state index in [-0.39, 0.29) is 17.4 Å². The van der Waals surface area contributed by atoms with Crippen LogP contribution in [0.4, 0.5) is 11.5 Å². The first-order valence-electron chi connectivity index (χ1n) is 8.76. The first-order valence-corrected chi connectivity index (χ1v) is 10.4. The van der Waals surface area contributed by atoms with Gasteiger partial charge < -0.3 is 10.6 Å². The Balaban J connectivity index is 2.45. The summed E-state index contributed by atoms with van der Waals surface area (Å²) in [6.45, 7) is 4.60. The number of hydrogen-bond acceptors (Lipinski definition) is 5. The molecule has 1 amide bonds. The van der Waals surface area contributed by atoms with E-state index in [1.54, 1.807) is 6.08 Å². The molecule has 0 aliphatic heterocycles. The summed E-state index contributed by atoms with van der Waals surface area (Å²) >= 11 is 4.88. The summed E-state index contributed by atoms with van der Waals surface area (Å²) in [5.74, 6) is -0.339. The lowest BCUT2D eigenvalue weighted by Gasteiger charge is -2.23. The third-order valence-electron chi connectivity index (χ3n) is 3.92. The Bertz CT molecular complexity index is 945. The van der Waals surface area contributed by atoms with Crippen molar-refractivity contribution in [2.24, 2.45) is 0 Å². The van der Waals surface area contributed by atoms with Crippen molar-refractivity contribution in [1.29, 1.82) is 0 Å². The predicted molar refractivity (Wildman–Crippen MR) is 114 cm³/mol. The van der Waals surface area contributed by atoms with Crippen molar-refractivity contribution in [3.05, 3.63) is 47.7 Å². The van der Waals surface area contributed by atoms with Crippen LogP contribution in [0.1, 0.15) is 38.0 Å². The molecule has 2 aromatic rings. The van der Waals surface area contributed by atoms with Crippen LogP contribution in [0.15, 0.2) is 31.6 Å². The van der Waals surface area contributed by atoms with Crippen molar-refractivity contribution in [2.75, 3.05) is 17.2 Å². The lowest BCUT2D eigenvalue weighted by Crippen LogP contribution is -2.41. The monoisotopic (exact) mass is 454 g/mol. The van der Waals surface area contributed by atoms with E-state index in [2.05, 4.69) is 20.9 Å². The number of unbranched alkanes of at least 4 members (excludes halogenated alkanes) is 1. The topological polar surface area (TPSA) is 101 Å². The molecule has 2 heterocycles. The SMILES string of the molecule is CCCCN(C(=O)/C=C/c1ccc(Br)s1)c1c(N)n(CCC)c(=O)[nH]c1=O. The van der Waals surface area contributed by atoms with Crippen LogP contribution in [-0.2, 0) is 11.3 Å². The zero-order valence-corrected chi connectivity index (χ0v) is 17.7. The Morgan fingerprint density at radius 1 is 1.33 bits per heavy atom. The molecule has 0 unspecified atom stereocenters. The fraction of sp³-hybridized carbons (Fsp3) is 0.389. The Morgan fingerprint density at radius 2 is 2.07 bits per heavy atom. The fourth-order valence-electron chi connectivity index (χ4n) is 2.59. The van der Waals surface area contributed by atoms with E-state index in [1.807, 2.05) is 26.0 Å². The van der Waals surface area contributed by atoms with E-state index >= 15 is 0 Å². The van der Waals surface area contributed by atoms with Gasteiger partial charge in [-0.15, -0.1) is 11.3 Å². The fourth-order valence-corrected chi connectivity index (χ4v) is 3.92. The molecule has 27 heavy (non-hydrogen) atoms. The summed E-state index contributed by atoms with van der Waals surface area (Å²) in [5.41, 5.74) is 4.92. The van der Waals surface area contributed by atoms with Crippen LogP contribution < -0.4 is 21.9 Å². The van der Waals surface area contributed by atoms with E-state index in [9.17, 15) is 14.4 Å². The number of rotatable bonds is 8. The van der Waals surface area contributed by atoms with Crippen molar-refractivity contribution in [3.63, 3.8) is 0 Å². The summed E-state index contributed by atoms with van der Waals surface area (Å²) in [4.78, 5) is 41.8. The molecular formula is C18H23BrN4O3S.